The van der Waals surface area contributed by atoms with Crippen LogP contribution in [-0.2, 0) is 9.53 Å². The molecule has 6 nitrogen and oxygen atoms in total. The van der Waals surface area contributed by atoms with Gasteiger partial charge in [0.1, 0.15) is 6.10 Å². The number of carbonyl (C=O) groups excluding carboxylic acids is 1. The molecule has 1 fully saturated rings. The molecule has 1 rings (SSSR count). The first-order valence-corrected chi connectivity index (χ1v) is 7.00. The largest absolute Gasteiger partial charge is 0.481 e. The minimum atomic E-state index is -0.864. The molecular formula is C13H24N2O4. The van der Waals surface area contributed by atoms with Crippen LogP contribution in [0.1, 0.15) is 39.0 Å². The Morgan fingerprint density at radius 3 is 2.63 bits per heavy atom. The number of alkyl carbamates (subject to hydrolysis) is 1. The standard InChI is InChI=1S/C13H24N2O4/c1-2-11(5-6-12(16)17)19-13(18)14-7-10-15-8-3-4-9-15/h11H,2-10H2,1H3,(H,14,18)(H,16,17). The number of hydrogen-bond donors (Lipinski definition) is 2. The van der Waals surface area contributed by atoms with Crippen LogP contribution < -0.4 is 5.32 Å². The zero-order valence-corrected chi connectivity index (χ0v) is 11.6. The first-order chi connectivity index (χ1) is 9.11. The number of carboxylic acids is 1. The fourth-order valence-corrected chi connectivity index (χ4v) is 2.15. The summed E-state index contributed by atoms with van der Waals surface area (Å²) in [5, 5.41) is 11.3. The van der Waals surface area contributed by atoms with E-state index in [0.29, 0.717) is 19.4 Å². The van der Waals surface area contributed by atoms with E-state index in [0.717, 1.165) is 19.6 Å². The minimum absolute atomic E-state index is 0.0273. The maximum absolute atomic E-state index is 11.5. The van der Waals surface area contributed by atoms with Gasteiger partial charge in [0.25, 0.3) is 0 Å². The van der Waals surface area contributed by atoms with Crippen LogP contribution in [0.15, 0.2) is 0 Å². The van der Waals surface area contributed by atoms with Gasteiger partial charge in [-0.1, -0.05) is 6.92 Å². The molecule has 1 aliphatic heterocycles. The number of aliphatic carboxylic acids is 1. The number of rotatable bonds is 8. The second-order valence-corrected chi connectivity index (χ2v) is 4.84. The Balaban J connectivity index is 2.11. The van der Waals surface area contributed by atoms with Crippen molar-refractivity contribution >= 4 is 12.1 Å². The molecule has 6 heteroatoms. The molecule has 1 atom stereocenters. The first-order valence-electron chi connectivity index (χ1n) is 7.00. The van der Waals surface area contributed by atoms with Gasteiger partial charge in [-0.25, -0.2) is 4.79 Å². The Bertz CT molecular complexity index is 290. The molecule has 0 saturated carbocycles. The Hall–Kier alpha value is -1.30. The molecule has 0 aromatic rings. The van der Waals surface area contributed by atoms with Gasteiger partial charge >= 0.3 is 12.1 Å². The van der Waals surface area contributed by atoms with Gasteiger partial charge in [-0.15, -0.1) is 0 Å². The second-order valence-electron chi connectivity index (χ2n) is 4.84. The first kappa shape index (κ1) is 15.8. The van der Waals surface area contributed by atoms with Crippen molar-refractivity contribution in [3.8, 4) is 0 Å². The van der Waals surface area contributed by atoms with E-state index in [1.165, 1.54) is 12.8 Å². The quantitative estimate of drug-likeness (QED) is 0.699. The van der Waals surface area contributed by atoms with Crippen LogP contribution in [-0.4, -0.2) is 54.4 Å². The minimum Gasteiger partial charge on any atom is -0.481 e. The SMILES string of the molecule is CCC(CCC(=O)O)OC(=O)NCCN1CCCC1. The summed E-state index contributed by atoms with van der Waals surface area (Å²) >= 11 is 0. The van der Waals surface area contributed by atoms with Gasteiger partial charge in [0.05, 0.1) is 0 Å². The lowest BCUT2D eigenvalue weighted by atomic mass is 10.1. The number of hydrogen-bond acceptors (Lipinski definition) is 4. The molecule has 0 aliphatic carbocycles. The molecule has 1 amide bonds. The van der Waals surface area contributed by atoms with Crippen molar-refractivity contribution in [1.82, 2.24) is 10.2 Å². The highest BCUT2D eigenvalue weighted by Gasteiger charge is 2.15. The molecule has 0 aromatic heterocycles. The van der Waals surface area contributed by atoms with E-state index in [9.17, 15) is 9.59 Å². The summed E-state index contributed by atoms with van der Waals surface area (Å²) < 4.78 is 5.18. The van der Waals surface area contributed by atoms with Gasteiger partial charge in [0.2, 0.25) is 0 Å². The third kappa shape index (κ3) is 7.00. The Kier molecular flexibility index (Phi) is 7.25. The summed E-state index contributed by atoms with van der Waals surface area (Å²) in [6, 6.07) is 0. The smallest absolute Gasteiger partial charge is 0.407 e. The summed E-state index contributed by atoms with van der Waals surface area (Å²) in [7, 11) is 0. The lowest BCUT2D eigenvalue weighted by molar-refractivity contribution is -0.137. The average Bonchev–Trinajstić information content (AvgIpc) is 2.87. The van der Waals surface area contributed by atoms with Gasteiger partial charge in [-0.3, -0.25) is 4.79 Å². The molecule has 1 heterocycles. The molecule has 1 aliphatic rings. The summed E-state index contributed by atoms with van der Waals surface area (Å²) in [6.45, 7) is 5.51. The molecule has 110 valence electrons. The lowest BCUT2D eigenvalue weighted by Gasteiger charge is -2.17. The third-order valence-electron chi connectivity index (χ3n) is 3.31. The summed E-state index contributed by atoms with van der Waals surface area (Å²) in [5.74, 6) is -0.864. The van der Waals surface area contributed by atoms with Gasteiger partial charge in [-0.05, 0) is 38.8 Å². The highest BCUT2D eigenvalue weighted by molar-refractivity contribution is 5.68. The molecule has 2 N–H and O–H groups in total. The second kappa shape index (κ2) is 8.74. The number of likely N-dealkylation sites (tertiary alicyclic amines) is 1. The Morgan fingerprint density at radius 2 is 2.05 bits per heavy atom. The number of amides is 1. The normalized spacial score (nSPS) is 17.1. The Morgan fingerprint density at radius 1 is 1.37 bits per heavy atom. The van der Waals surface area contributed by atoms with Crippen LogP contribution >= 0.6 is 0 Å². The predicted molar refractivity (Wildman–Crippen MR) is 71.1 cm³/mol. The monoisotopic (exact) mass is 272 g/mol. The average molecular weight is 272 g/mol. The molecule has 19 heavy (non-hydrogen) atoms. The Labute approximate surface area is 114 Å². The van der Waals surface area contributed by atoms with Gasteiger partial charge in [0.15, 0.2) is 0 Å². The summed E-state index contributed by atoms with van der Waals surface area (Å²) in [4.78, 5) is 24.3. The van der Waals surface area contributed by atoms with Crippen molar-refractivity contribution in [3.63, 3.8) is 0 Å². The van der Waals surface area contributed by atoms with E-state index in [1.54, 1.807) is 0 Å². The van der Waals surface area contributed by atoms with Gasteiger partial charge in [0, 0.05) is 19.5 Å². The predicted octanol–water partition coefficient (Wildman–Crippen LogP) is 1.45. The number of carboxylic acid groups (broad SMARTS) is 1. The zero-order chi connectivity index (χ0) is 14.1. The lowest BCUT2D eigenvalue weighted by Crippen LogP contribution is -2.35. The van der Waals surface area contributed by atoms with E-state index in [1.807, 2.05) is 6.92 Å². The highest BCUT2D eigenvalue weighted by atomic mass is 16.6. The van der Waals surface area contributed by atoms with Gasteiger partial charge < -0.3 is 20.1 Å². The van der Waals surface area contributed by atoms with Crippen molar-refractivity contribution in [2.45, 2.75) is 45.1 Å². The third-order valence-corrected chi connectivity index (χ3v) is 3.31. The van der Waals surface area contributed by atoms with Crippen LogP contribution in [0.4, 0.5) is 4.79 Å². The number of nitrogens with zero attached hydrogens (tertiary/aromatic N) is 1. The zero-order valence-electron chi connectivity index (χ0n) is 11.6. The summed E-state index contributed by atoms with van der Waals surface area (Å²) in [5.41, 5.74) is 0. The number of ether oxygens (including phenoxy) is 1. The number of nitrogens with one attached hydrogen (secondary N) is 1. The molecule has 1 saturated heterocycles. The fraction of sp³-hybridized carbons (Fsp3) is 0.846. The van der Waals surface area contributed by atoms with Gasteiger partial charge in [-0.2, -0.15) is 0 Å². The maximum atomic E-state index is 11.5. The van der Waals surface area contributed by atoms with E-state index >= 15 is 0 Å². The van der Waals surface area contributed by atoms with Crippen LogP contribution in [0.2, 0.25) is 0 Å². The van der Waals surface area contributed by atoms with E-state index in [2.05, 4.69) is 10.2 Å². The van der Waals surface area contributed by atoms with Crippen LogP contribution in [0, 0.1) is 0 Å². The topological polar surface area (TPSA) is 78.9 Å². The van der Waals surface area contributed by atoms with Crippen molar-refractivity contribution < 1.29 is 19.4 Å². The molecule has 1 unspecified atom stereocenters. The molecule has 0 aromatic carbocycles. The van der Waals surface area contributed by atoms with E-state index in [4.69, 9.17) is 9.84 Å². The van der Waals surface area contributed by atoms with Crippen LogP contribution in [0.3, 0.4) is 0 Å². The van der Waals surface area contributed by atoms with Crippen molar-refractivity contribution in [3.05, 3.63) is 0 Å². The van der Waals surface area contributed by atoms with Crippen molar-refractivity contribution in [2.75, 3.05) is 26.2 Å². The maximum Gasteiger partial charge on any atom is 0.407 e. The number of carbonyl (C=O) groups is 2. The summed E-state index contributed by atoms with van der Waals surface area (Å²) in [6.07, 6.45) is 2.73. The van der Waals surface area contributed by atoms with E-state index in [-0.39, 0.29) is 12.5 Å². The molecule has 0 radical (unpaired) electrons. The fourth-order valence-electron chi connectivity index (χ4n) is 2.15. The van der Waals surface area contributed by atoms with E-state index < -0.39 is 12.1 Å². The van der Waals surface area contributed by atoms with Crippen LogP contribution in [0.25, 0.3) is 0 Å². The molecular weight excluding hydrogens is 248 g/mol. The van der Waals surface area contributed by atoms with Crippen molar-refractivity contribution in [2.24, 2.45) is 0 Å². The highest BCUT2D eigenvalue weighted by Crippen LogP contribution is 2.07. The molecule has 0 bridgehead atoms. The van der Waals surface area contributed by atoms with Crippen LogP contribution in [0.5, 0.6) is 0 Å². The van der Waals surface area contributed by atoms with Crippen molar-refractivity contribution in [1.29, 1.82) is 0 Å². The molecule has 0 spiro atoms.